The van der Waals surface area contributed by atoms with Crippen molar-refractivity contribution in [2.45, 2.75) is 19.1 Å². The second kappa shape index (κ2) is 6.67. The third-order valence-corrected chi connectivity index (χ3v) is 4.52. The van der Waals surface area contributed by atoms with Crippen LogP contribution in [0.4, 0.5) is 0 Å². The van der Waals surface area contributed by atoms with E-state index in [0.717, 1.165) is 15.0 Å². The van der Waals surface area contributed by atoms with Crippen LogP contribution in [-0.2, 0) is 11.3 Å². The third-order valence-electron chi connectivity index (χ3n) is 3.30. The fourth-order valence-electron chi connectivity index (χ4n) is 2.13. The lowest BCUT2D eigenvalue weighted by molar-refractivity contribution is -0.121. The quantitative estimate of drug-likeness (QED) is 0.726. The summed E-state index contributed by atoms with van der Waals surface area (Å²) in [6, 6.07) is 9.94. The molecule has 0 aliphatic rings. The number of aryl methyl sites for hydroxylation is 1. The monoisotopic (exact) mass is 316 g/mol. The first kappa shape index (κ1) is 14.7. The zero-order valence-corrected chi connectivity index (χ0v) is 12.7. The summed E-state index contributed by atoms with van der Waals surface area (Å²) < 4.78 is 2.73. The Morgan fingerprint density at radius 3 is 3.05 bits per heavy atom. The number of carbonyl (C=O) groups is 1. The van der Waals surface area contributed by atoms with Gasteiger partial charge >= 0.3 is 0 Å². The molecule has 0 radical (unpaired) electrons. The second-order valence-electron chi connectivity index (χ2n) is 4.92. The Morgan fingerprint density at radius 2 is 2.27 bits per heavy atom. The highest BCUT2D eigenvalue weighted by atomic mass is 32.1. The molecular formula is C15H16N4O2S. The second-order valence-corrected chi connectivity index (χ2v) is 6.03. The van der Waals surface area contributed by atoms with E-state index >= 15 is 0 Å². The normalized spacial score (nSPS) is 12.4. The van der Waals surface area contributed by atoms with E-state index in [0.29, 0.717) is 13.0 Å². The smallest absolute Gasteiger partial charge is 0.221 e. The van der Waals surface area contributed by atoms with E-state index in [2.05, 4.69) is 15.4 Å². The van der Waals surface area contributed by atoms with E-state index in [-0.39, 0.29) is 12.5 Å². The molecule has 22 heavy (non-hydrogen) atoms. The number of nitrogens with zero attached hydrogens (tertiary/aromatic N) is 3. The molecule has 7 heteroatoms. The van der Waals surface area contributed by atoms with E-state index in [9.17, 15) is 9.90 Å². The van der Waals surface area contributed by atoms with Crippen molar-refractivity contribution >= 4 is 27.3 Å². The average Bonchev–Trinajstić information content (AvgIpc) is 3.19. The van der Waals surface area contributed by atoms with Gasteiger partial charge in [-0.25, -0.2) is 4.98 Å². The number of nitrogens with one attached hydrogen (secondary N) is 1. The first-order chi connectivity index (χ1) is 10.7. The molecule has 1 unspecified atom stereocenters. The van der Waals surface area contributed by atoms with Gasteiger partial charge in [-0.1, -0.05) is 18.2 Å². The van der Waals surface area contributed by atoms with Crippen LogP contribution in [-0.4, -0.2) is 32.3 Å². The van der Waals surface area contributed by atoms with Gasteiger partial charge in [-0.15, -0.1) is 11.3 Å². The number of fused-ring (bicyclic) bond motifs is 1. The van der Waals surface area contributed by atoms with Crippen molar-refractivity contribution in [3.05, 3.63) is 47.9 Å². The van der Waals surface area contributed by atoms with Gasteiger partial charge in [0.15, 0.2) is 0 Å². The van der Waals surface area contributed by atoms with Gasteiger partial charge in [0.1, 0.15) is 18.8 Å². The Labute approximate surface area is 131 Å². The molecule has 1 atom stereocenters. The lowest BCUT2D eigenvalue weighted by atomic mass is 10.2. The van der Waals surface area contributed by atoms with Gasteiger partial charge in [0.25, 0.3) is 0 Å². The highest BCUT2D eigenvalue weighted by Gasteiger charge is 2.12. The Balaban J connectivity index is 1.51. The van der Waals surface area contributed by atoms with Crippen LogP contribution in [0.3, 0.4) is 0 Å². The zero-order chi connectivity index (χ0) is 15.4. The number of carbonyl (C=O) groups excluding carboxylic acids is 1. The Hall–Kier alpha value is -2.25. The molecule has 0 saturated heterocycles. The molecule has 0 spiro atoms. The molecule has 1 aromatic carbocycles. The van der Waals surface area contributed by atoms with E-state index in [1.54, 1.807) is 22.3 Å². The molecule has 3 rings (SSSR count). The van der Waals surface area contributed by atoms with Crippen LogP contribution in [0.15, 0.2) is 43.0 Å². The number of thiophene rings is 1. The first-order valence-corrected chi connectivity index (χ1v) is 7.79. The molecule has 0 fully saturated rings. The van der Waals surface area contributed by atoms with Crippen LogP contribution in [0.5, 0.6) is 0 Å². The van der Waals surface area contributed by atoms with Crippen LogP contribution in [0.25, 0.3) is 10.1 Å². The maximum absolute atomic E-state index is 11.8. The maximum atomic E-state index is 11.8. The molecular weight excluding hydrogens is 300 g/mol. The molecule has 0 aliphatic heterocycles. The van der Waals surface area contributed by atoms with Crippen molar-refractivity contribution in [1.29, 1.82) is 0 Å². The van der Waals surface area contributed by atoms with Gasteiger partial charge < -0.3 is 10.4 Å². The minimum absolute atomic E-state index is 0.115. The highest BCUT2D eigenvalue weighted by molar-refractivity contribution is 7.19. The SMILES string of the molecule is O=C(CCn1cncn1)NCC(O)c1cc2ccccc2s1. The van der Waals surface area contributed by atoms with Crippen LogP contribution < -0.4 is 5.32 Å². The summed E-state index contributed by atoms with van der Waals surface area (Å²) in [7, 11) is 0. The predicted molar refractivity (Wildman–Crippen MR) is 84.4 cm³/mol. The van der Waals surface area contributed by atoms with Gasteiger partial charge in [-0.3, -0.25) is 9.48 Å². The average molecular weight is 316 g/mol. The highest BCUT2D eigenvalue weighted by Crippen LogP contribution is 2.29. The van der Waals surface area contributed by atoms with Gasteiger partial charge in [0.05, 0.1) is 6.54 Å². The van der Waals surface area contributed by atoms with E-state index < -0.39 is 6.10 Å². The van der Waals surface area contributed by atoms with Crippen molar-refractivity contribution in [2.75, 3.05) is 6.54 Å². The summed E-state index contributed by atoms with van der Waals surface area (Å²) >= 11 is 1.54. The number of hydrogen-bond acceptors (Lipinski definition) is 5. The Morgan fingerprint density at radius 1 is 1.41 bits per heavy atom. The number of aromatic nitrogens is 3. The number of amides is 1. The van der Waals surface area contributed by atoms with E-state index in [4.69, 9.17) is 0 Å². The predicted octanol–water partition coefficient (Wildman–Crippen LogP) is 1.73. The summed E-state index contributed by atoms with van der Waals surface area (Å²) in [5, 5.41) is 18.0. The summed E-state index contributed by atoms with van der Waals surface area (Å²) in [5.74, 6) is -0.115. The molecule has 2 heterocycles. The van der Waals surface area contributed by atoms with Crippen molar-refractivity contribution in [3.63, 3.8) is 0 Å². The van der Waals surface area contributed by atoms with Gasteiger partial charge in [0.2, 0.25) is 5.91 Å². The third kappa shape index (κ3) is 3.49. The molecule has 2 N–H and O–H groups in total. The lowest BCUT2D eigenvalue weighted by Crippen LogP contribution is -2.28. The minimum atomic E-state index is -0.687. The van der Waals surface area contributed by atoms with Crippen LogP contribution in [0, 0.1) is 0 Å². The molecule has 0 bridgehead atoms. The number of hydrogen-bond donors (Lipinski definition) is 2. The molecule has 3 aromatic rings. The summed E-state index contributed by atoms with van der Waals surface area (Å²) in [6.45, 7) is 0.688. The van der Waals surface area contributed by atoms with E-state index in [1.165, 1.54) is 6.33 Å². The van der Waals surface area contributed by atoms with Crippen LogP contribution >= 0.6 is 11.3 Å². The van der Waals surface area contributed by atoms with Crippen molar-refractivity contribution < 1.29 is 9.90 Å². The maximum Gasteiger partial charge on any atom is 0.221 e. The van der Waals surface area contributed by atoms with Crippen LogP contribution in [0.2, 0.25) is 0 Å². The summed E-state index contributed by atoms with van der Waals surface area (Å²) in [4.78, 5) is 16.4. The zero-order valence-electron chi connectivity index (χ0n) is 11.8. The molecule has 6 nitrogen and oxygen atoms in total. The fourth-order valence-corrected chi connectivity index (χ4v) is 3.18. The Bertz CT molecular complexity index is 721. The summed E-state index contributed by atoms with van der Waals surface area (Å²) in [5.41, 5.74) is 0. The van der Waals surface area contributed by atoms with E-state index in [1.807, 2.05) is 30.3 Å². The number of aliphatic hydroxyl groups is 1. The molecule has 2 aromatic heterocycles. The minimum Gasteiger partial charge on any atom is -0.386 e. The Kier molecular flexibility index (Phi) is 4.45. The van der Waals surface area contributed by atoms with Crippen molar-refractivity contribution in [2.24, 2.45) is 0 Å². The van der Waals surface area contributed by atoms with Crippen LogP contribution in [0.1, 0.15) is 17.4 Å². The molecule has 0 aliphatic carbocycles. The first-order valence-electron chi connectivity index (χ1n) is 6.98. The molecule has 1 amide bonds. The standard InChI is InChI=1S/C15H16N4O2S/c20-12(14-7-11-3-1-2-4-13(11)22-14)8-17-15(21)5-6-19-10-16-9-18-19/h1-4,7,9-10,12,20H,5-6,8H2,(H,17,21). The van der Waals surface area contributed by atoms with Crippen molar-refractivity contribution in [1.82, 2.24) is 20.1 Å². The molecule has 114 valence electrons. The topological polar surface area (TPSA) is 80.0 Å². The summed E-state index contributed by atoms with van der Waals surface area (Å²) in [6.07, 6.45) is 2.62. The molecule has 0 saturated carbocycles. The van der Waals surface area contributed by atoms with Gasteiger partial charge in [-0.2, -0.15) is 5.10 Å². The fraction of sp³-hybridized carbons (Fsp3) is 0.267. The number of aliphatic hydroxyl groups excluding tert-OH is 1. The number of rotatable bonds is 6. The van der Waals surface area contributed by atoms with Crippen molar-refractivity contribution in [3.8, 4) is 0 Å². The van der Waals surface area contributed by atoms with Gasteiger partial charge in [-0.05, 0) is 17.5 Å². The lowest BCUT2D eigenvalue weighted by Gasteiger charge is -2.10. The number of benzene rings is 1. The van der Waals surface area contributed by atoms with Gasteiger partial charge in [0, 0.05) is 22.5 Å². The largest absolute Gasteiger partial charge is 0.386 e.